The van der Waals surface area contributed by atoms with Crippen molar-refractivity contribution < 1.29 is 23.0 Å². The highest BCUT2D eigenvalue weighted by atomic mass is 32.2. The minimum Gasteiger partial charge on any atom is -0.504 e. The van der Waals surface area contributed by atoms with Crippen LogP contribution in [0.25, 0.3) is 10.8 Å². The second-order valence-corrected chi connectivity index (χ2v) is 7.25. The van der Waals surface area contributed by atoms with Gasteiger partial charge in [-0.25, -0.2) is 0 Å². The fraction of sp³-hybridized carbons (Fsp3) is 0.111. The predicted octanol–water partition coefficient (Wildman–Crippen LogP) is 4.68. The van der Waals surface area contributed by atoms with E-state index in [1.807, 2.05) is 0 Å². The molecule has 0 atom stereocenters. The van der Waals surface area contributed by atoms with Crippen LogP contribution in [0.3, 0.4) is 0 Å². The summed E-state index contributed by atoms with van der Waals surface area (Å²) in [5.74, 6) is -0.792. The fourth-order valence-corrected chi connectivity index (χ4v) is 3.47. The second-order valence-electron chi connectivity index (χ2n) is 5.86. The van der Waals surface area contributed by atoms with Crippen molar-refractivity contribution in [3.05, 3.63) is 64.2 Å². The zero-order chi connectivity index (χ0) is 20.5. The highest BCUT2D eigenvalue weighted by molar-refractivity contribution is 7.86. The Morgan fingerprint density at radius 2 is 1.82 bits per heavy atom. The zero-order valence-corrected chi connectivity index (χ0v) is 15.4. The van der Waals surface area contributed by atoms with Gasteiger partial charge in [0.1, 0.15) is 10.6 Å². The first-order valence-electron chi connectivity index (χ1n) is 8.14. The summed E-state index contributed by atoms with van der Waals surface area (Å²) in [6.07, 6.45) is 0.409. The molecule has 0 heterocycles. The minimum atomic E-state index is -4.72. The number of azo groups is 1. The number of nitrogens with zero attached hydrogens (tertiary/aromatic N) is 3. The van der Waals surface area contributed by atoms with Crippen LogP contribution in [0.4, 0.5) is 17.1 Å². The van der Waals surface area contributed by atoms with Gasteiger partial charge in [-0.15, -0.1) is 10.2 Å². The summed E-state index contributed by atoms with van der Waals surface area (Å²) in [5.41, 5.74) is -0.0160. The van der Waals surface area contributed by atoms with Crippen molar-refractivity contribution >= 4 is 38.0 Å². The molecule has 0 aromatic heterocycles. The molecule has 0 saturated carbocycles. The Hall–Kier alpha value is -3.37. The fourth-order valence-electron chi connectivity index (χ4n) is 2.85. The van der Waals surface area contributed by atoms with Crippen LogP contribution in [0.1, 0.15) is 12.5 Å². The van der Waals surface area contributed by atoms with Gasteiger partial charge in [-0.05, 0) is 23.9 Å². The first-order valence-corrected chi connectivity index (χ1v) is 9.58. The van der Waals surface area contributed by atoms with Crippen LogP contribution in [-0.2, 0) is 16.5 Å². The third-order valence-electron chi connectivity index (χ3n) is 4.16. The van der Waals surface area contributed by atoms with Crippen LogP contribution < -0.4 is 0 Å². The molecule has 3 aromatic rings. The van der Waals surface area contributed by atoms with Gasteiger partial charge in [0.25, 0.3) is 15.8 Å². The lowest BCUT2D eigenvalue weighted by Crippen LogP contribution is -1.99. The molecule has 0 radical (unpaired) electrons. The van der Waals surface area contributed by atoms with E-state index in [1.165, 1.54) is 6.07 Å². The third kappa shape index (κ3) is 3.55. The van der Waals surface area contributed by atoms with Crippen molar-refractivity contribution in [3.63, 3.8) is 0 Å². The first kappa shape index (κ1) is 19.4. The topological polar surface area (TPSA) is 142 Å². The zero-order valence-electron chi connectivity index (χ0n) is 14.6. The van der Waals surface area contributed by atoms with Crippen LogP contribution in [-0.4, -0.2) is 23.0 Å². The van der Waals surface area contributed by atoms with Gasteiger partial charge in [0.05, 0.1) is 4.92 Å². The maximum absolute atomic E-state index is 11.6. The molecule has 0 aliphatic heterocycles. The van der Waals surface area contributed by atoms with Crippen molar-refractivity contribution in [1.82, 2.24) is 0 Å². The molecule has 0 unspecified atom stereocenters. The predicted molar refractivity (Wildman–Crippen MR) is 102 cm³/mol. The number of nitro groups is 1. The number of aryl methyl sites for hydroxylation is 1. The normalized spacial score (nSPS) is 11.9. The number of hydrogen-bond acceptors (Lipinski definition) is 7. The van der Waals surface area contributed by atoms with E-state index in [0.29, 0.717) is 22.8 Å². The molecule has 28 heavy (non-hydrogen) atoms. The van der Waals surface area contributed by atoms with Gasteiger partial charge in [0.15, 0.2) is 11.4 Å². The van der Waals surface area contributed by atoms with Gasteiger partial charge in [-0.2, -0.15) is 8.42 Å². The third-order valence-corrected chi connectivity index (χ3v) is 5.02. The van der Waals surface area contributed by atoms with Crippen molar-refractivity contribution in [2.24, 2.45) is 10.2 Å². The number of aromatic hydroxyl groups is 1. The minimum absolute atomic E-state index is 0.0370. The summed E-state index contributed by atoms with van der Waals surface area (Å²) in [6, 6.07) is 12.1. The molecule has 0 bridgehead atoms. The summed E-state index contributed by atoms with van der Waals surface area (Å²) in [7, 11) is -4.72. The lowest BCUT2D eigenvalue weighted by molar-refractivity contribution is -0.384. The quantitative estimate of drug-likeness (QED) is 0.275. The van der Waals surface area contributed by atoms with E-state index in [4.69, 9.17) is 0 Å². The highest BCUT2D eigenvalue weighted by Gasteiger charge is 2.22. The van der Waals surface area contributed by atoms with Gasteiger partial charge in [0, 0.05) is 10.9 Å². The van der Waals surface area contributed by atoms with Crippen molar-refractivity contribution in [3.8, 4) is 5.75 Å². The Kier molecular flexibility index (Phi) is 5.08. The van der Waals surface area contributed by atoms with Crippen LogP contribution >= 0.6 is 0 Å². The number of para-hydroxylation sites is 1. The number of rotatable bonds is 5. The average Bonchev–Trinajstić information content (AvgIpc) is 2.65. The SMILES string of the molecule is CCc1cccc(N=Nc2c(O)c(S(=O)(=O)O)cc3ccccc23)c1[N+](=O)[O-]. The smallest absolute Gasteiger partial charge is 0.299 e. The number of benzene rings is 3. The summed E-state index contributed by atoms with van der Waals surface area (Å²) in [5, 5.41) is 30.3. The van der Waals surface area contributed by atoms with Gasteiger partial charge in [-0.3, -0.25) is 14.7 Å². The molecule has 3 rings (SSSR count). The van der Waals surface area contributed by atoms with Crippen LogP contribution in [0.2, 0.25) is 0 Å². The van der Waals surface area contributed by atoms with Crippen molar-refractivity contribution in [2.75, 3.05) is 0 Å². The van der Waals surface area contributed by atoms with E-state index >= 15 is 0 Å². The number of fused-ring (bicyclic) bond motifs is 1. The van der Waals surface area contributed by atoms with Crippen molar-refractivity contribution in [2.45, 2.75) is 18.2 Å². The van der Waals surface area contributed by atoms with Gasteiger partial charge in [-0.1, -0.05) is 43.3 Å². The summed E-state index contributed by atoms with van der Waals surface area (Å²) >= 11 is 0. The molecule has 0 spiro atoms. The number of nitro benzene ring substituents is 1. The molecule has 0 aliphatic rings. The van der Waals surface area contributed by atoms with E-state index < -0.39 is 25.7 Å². The molecule has 3 aromatic carbocycles. The first-order chi connectivity index (χ1) is 13.2. The average molecular weight is 401 g/mol. The summed E-state index contributed by atoms with van der Waals surface area (Å²) < 4.78 is 32.5. The molecular formula is C18H15N3O6S. The maximum atomic E-state index is 11.6. The molecule has 0 fully saturated rings. The number of hydrogen-bond donors (Lipinski definition) is 2. The Labute approximate surface area is 159 Å². The highest BCUT2D eigenvalue weighted by Crippen LogP contribution is 2.42. The van der Waals surface area contributed by atoms with Gasteiger partial charge < -0.3 is 5.11 Å². The molecular weight excluding hydrogens is 386 g/mol. The number of phenols is 1. The van der Waals surface area contributed by atoms with Gasteiger partial charge >= 0.3 is 0 Å². The van der Waals surface area contributed by atoms with E-state index in [0.717, 1.165) is 6.07 Å². The Morgan fingerprint density at radius 1 is 1.11 bits per heavy atom. The molecule has 0 saturated heterocycles. The van der Waals surface area contributed by atoms with E-state index in [9.17, 15) is 28.2 Å². The summed E-state index contributed by atoms with van der Waals surface area (Å²) in [4.78, 5) is 10.1. The summed E-state index contributed by atoms with van der Waals surface area (Å²) in [6.45, 7) is 1.76. The van der Waals surface area contributed by atoms with Crippen LogP contribution in [0.15, 0.2) is 63.7 Å². The van der Waals surface area contributed by atoms with E-state index in [1.54, 1.807) is 43.3 Å². The monoisotopic (exact) mass is 401 g/mol. The Bertz CT molecular complexity index is 1220. The van der Waals surface area contributed by atoms with E-state index in [2.05, 4.69) is 10.2 Å². The van der Waals surface area contributed by atoms with E-state index in [-0.39, 0.29) is 17.1 Å². The van der Waals surface area contributed by atoms with Crippen molar-refractivity contribution in [1.29, 1.82) is 0 Å². The van der Waals surface area contributed by atoms with Gasteiger partial charge in [0.2, 0.25) is 0 Å². The molecule has 10 heteroatoms. The largest absolute Gasteiger partial charge is 0.504 e. The van der Waals surface area contributed by atoms with Crippen LogP contribution in [0, 0.1) is 10.1 Å². The second kappa shape index (κ2) is 7.33. The Morgan fingerprint density at radius 3 is 2.46 bits per heavy atom. The lowest BCUT2D eigenvalue weighted by atomic mass is 10.1. The van der Waals surface area contributed by atoms with Crippen LogP contribution in [0.5, 0.6) is 5.75 Å². The number of phenolic OH excluding ortho intramolecular Hbond substituents is 1. The standard InChI is InChI=1S/C18H15N3O6S/c1-2-11-7-5-9-14(17(11)21(23)24)19-20-16-13-8-4-3-6-12(13)10-15(18(16)22)28(25,26)27/h3-10,22H,2H2,1H3,(H,25,26,27). The molecule has 0 amide bonds. The molecule has 0 aliphatic carbocycles. The molecule has 2 N–H and O–H groups in total. The Balaban J connectivity index is 2.26. The molecule has 144 valence electrons. The molecule has 9 nitrogen and oxygen atoms in total. The maximum Gasteiger partial charge on any atom is 0.299 e. The lowest BCUT2D eigenvalue weighted by Gasteiger charge is -2.08.